The van der Waals surface area contributed by atoms with Crippen molar-refractivity contribution in [3.8, 4) is 0 Å². The molecule has 0 unspecified atom stereocenters. The minimum absolute atomic E-state index is 0.0432. The van der Waals surface area contributed by atoms with Gasteiger partial charge in [0.05, 0.1) is 0 Å². The zero-order valence-electron chi connectivity index (χ0n) is 12.1. The monoisotopic (exact) mass is 254 g/mol. The van der Waals surface area contributed by atoms with Crippen LogP contribution < -0.4 is 0 Å². The maximum atomic E-state index is 5.27. The van der Waals surface area contributed by atoms with Crippen molar-refractivity contribution < 1.29 is 9.47 Å². The summed E-state index contributed by atoms with van der Waals surface area (Å²) in [4.78, 5) is 0. The van der Waals surface area contributed by atoms with Crippen LogP contribution in [-0.4, -0.2) is 12.1 Å². The second-order valence-corrected chi connectivity index (χ2v) is 6.02. The molecule has 2 nitrogen and oxygen atoms in total. The van der Waals surface area contributed by atoms with Gasteiger partial charge in [0.1, 0.15) is 0 Å². The summed E-state index contributed by atoms with van der Waals surface area (Å²) in [6, 6.07) is 0. The van der Waals surface area contributed by atoms with Crippen molar-refractivity contribution >= 4 is 0 Å². The van der Waals surface area contributed by atoms with Gasteiger partial charge < -0.3 is 9.47 Å². The third kappa shape index (κ3) is 4.89. The van der Waals surface area contributed by atoms with Crippen LogP contribution >= 0.6 is 0 Å². The smallest absolute Gasteiger partial charge is 0.225 e. The Hall–Kier alpha value is -0.0800. The predicted molar refractivity (Wildman–Crippen MR) is 74.4 cm³/mol. The summed E-state index contributed by atoms with van der Waals surface area (Å²) in [6.07, 6.45) is 18.3. The van der Waals surface area contributed by atoms with Crippen LogP contribution in [0.1, 0.15) is 90.4 Å². The SMILES string of the molecule is CCCCCCCCCCCCCCC12OC1O2. The molecule has 0 aliphatic carbocycles. The fourth-order valence-electron chi connectivity index (χ4n) is 2.75. The lowest BCUT2D eigenvalue weighted by Crippen LogP contribution is -1.97. The fraction of sp³-hybridized carbons (Fsp3) is 1.00. The number of fused-ring (bicyclic) bond motifs is 1. The van der Waals surface area contributed by atoms with Gasteiger partial charge in [0.25, 0.3) is 0 Å². The van der Waals surface area contributed by atoms with Gasteiger partial charge in [-0.1, -0.05) is 77.6 Å². The topological polar surface area (TPSA) is 25.1 Å². The first kappa shape index (κ1) is 14.3. The van der Waals surface area contributed by atoms with E-state index in [-0.39, 0.29) is 12.1 Å². The Morgan fingerprint density at radius 2 is 1.06 bits per heavy atom. The van der Waals surface area contributed by atoms with Crippen LogP contribution in [0.15, 0.2) is 0 Å². The molecule has 2 aliphatic rings. The van der Waals surface area contributed by atoms with E-state index in [9.17, 15) is 0 Å². The second-order valence-electron chi connectivity index (χ2n) is 6.02. The Bertz CT molecular complexity index is 221. The van der Waals surface area contributed by atoms with E-state index in [1.165, 1.54) is 77.0 Å². The highest BCUT2D eigenvalue weighted by molar-refractivity contribution is 5.02. The minimum atomic E-state index is -0.0432. The summed E-state index contributed by atoms with van der Waals surface area (Å²) in [5.41, 5.74) is 0. The van der Waals surface area contributed by atoms with Crippen LogP contribution in [0.25, 0.3) is 0 Å². The van der Waals surface area contributed by atoms with Crippen molar-refractivity contribution in [2.45, 2.75) is 102 Å². The van der Waals surface area contributed by atoms with E-state index in [1.54, 1.807) is 0 Å². The van der Waals surface area contributed by atoms with Crippen molar-refractivity contribution in [2.75, 3.05) is 0 Å². The van der Waals surface area contributed by atoms with Crippen molar-refractivity contribution in [3.63, 3.8) is 0 Å². The van der Waals surface area contributed by atoms with Gasteiger partial charge in [-0.3, -0.25) is 0 Å². The minimum Gasteiger partial charge on any atom is -0.310 e. The van der Waals surface area contributed by atoms with Crippen molar-refractivity contribution in [3.05, 3.63) is 0 Å². The first-order chi connectivity index (χ1) is 8.87. The van der Waals surface area contributed by atoms with Crippen LogP contribution in [-0.2, 0) is 9.47 Å². The molecule has 2 saturated heterocycles. The molecule has 0 aromatic heterocycles. The van der Waals surface area contributed by atoms with Gasteiger partial charge in [0.2, 0.25) is 12.1 Å². The fourth-order valence-corrected chi connectivity index (χ4v) is 2.75. The van der Waals surface area contributed by atoms with Gasteiger partial charge in [-0.15, -0.1) is 0 Å². The largest absolute Gasteiger partial charge is 0.310 e. The molecule has 0 spiro atoms. The summed E-state index contributed by atoms with van der Waals surface area (Å²) in [5, 5.41) is 0. The average molecular weight is 254 g/mol. The molecule has 0 saturated carbocycles. The maximum Gasteiger partial charge on any atom is 0.225 e. The van der Waals surface area contributed by atoms with E-state index in [4.69, 9.17) is 9.47 Å². The molecular formula is C16H30O2. The summed E-state index contributed by atoms with van der Waals surface area (Å²) in [5.74, 6) is -0.0432. The Labute approximate surface area is 112 Å². The average Bonchev–Trinajstić information content (AvgIpc) is 3.20. The third-order valence-corrected chi connectivity index (χ3v) is 4.24. The van der Waals surface area contributed by atoms with Crippen molar-refractivity contribution in [1.29, 1.82) is 0 Å². The highest BCUT2D eigenvalue weighted by Crippen LogP contribution is 2.59. The number of unbranched alkanes of at least 4 members (excludes halogenated alkanes) is 11. The summed E-state index contributed by atoms with van der Waals surface area (Å²) in [7, 11) is 0. The van der Waals surface area contributed by atoms with Crippen molar-refractivity contribution in [1.82, 2.24) is 0 Å². The lowest BCUT2D eigenvalue weighted by atomic mass is 10.0. The van der Waals surface area contributed by atoms with E-state index in [2.05, 4.69) is 6.92 Å². The van der Waals surface area contributed by atoms with E-state index in [0.717, 1.165) is 6.42 Å². The molecule has 106 valence electrons. The maximum absolute atomic E-state index is 5.27. The van der Waals surface area contributed by atoms with Gasteiger partial charge in [0, 0.05) is 6.42 Å². The third-order valence-electron chi connectivity index (χ3n) is 4.24. The van der Waals surface area contributed by atoms with Crippen LogP contribution in [0.3, 0.4) is 0 Å². The van der Waals surface area contributed by atoms with Crippen LogP contribution in [0.2, 0.25) is 0 Å². The molecule has 0 atom stereocenters. The van der Waals surface area contributed by atoms with Gasteiger partial charge >= 0.3 is 0 Å². The summed E-state index contributed by atoms with van der Waals surface area (Å²) in [6.45, 7) is 2.28. The number of ether oxygens (including phenoxy) is 2. The molecule has 0 aromatic rings. The Kier molecular flexibility index (Phi) is 5.97. The van der Waals surface area contributed by atoms with E-state index in [0.29, 0.717) is 0 Å². The van der Waals surface area contributed by atoms with Crippen LogP contribution in [0, 0.1) is 0 Å². The number of epoxide rings is 2. The molecule has 2 rings (SSSR count). The zero-order valence-corrected chi connectivity index (χ0v) is 12.1. The predicted octanol–water partition coefficient (Wildman–Crippen LogP) is 5.16. The van der Waals surface area contributed by atoms with Crippen molar-refractivity contribution in [2.24, 2.45) is 0 Å². The standard InChI is InChI=1S/C16H30O2/c1-2-3-4-5-6-7-8-9-10-11-12-13-14-16-15(17-16)18-16/h15H,2-14H2,1H3. The van der Waals surface area contributed by atoms with Crippen LogP contribution in [0.4, 0.5) is 0 Å². The van der Waals surface area contributed by atoms with E-state index in [1.807, 2.05) is 0 Å². The Morgan fingerprint density at radius 3 is 1.44 bits per heavy atom. The normalized spacial score (nSPS) is 28.2. The lowest BCUT2D eigenvalue weighted by Gasteiger charge is -2.03. The molecule has 2 heterocycles. The lowest BCUT2D eigenvalue weighted by molar-refractivity contribution is -0.0542. The van der Waals surface area contributed by atoms with Crippen LogP contribution in [0.5, 0.6) is 0 Å². The van der Waals surface area contributed by atoms with Gasteiger partial charge in [0.15, 0.2) is 0 Å². The number of rotatable bonds is 13. The number of hydrogen-bond donors (Lipinski definition) is 0. The molecule has 18 heavy (non-hydrogen) atoms. The first-order valence-electron chi connectivity index (χ1n) is 8.23. The Morgan fingerprint density at radius 1 is 0.667 bits per heavy atom. The molecular weight excluding hydrogens is 224 g/mol. The molecule has 0 amide bonds. The molecule has 2 aliphatic heterocycles. The zero-order chi connectivity index (χ0) is 12.7. The van der Waals surface area contributed by atoms with E-state index < -0.39 is 0 Å². The molecule has 2 fully saturated rings. The van der Waals surface area contributed by atoms with Gasteiger partial charge in [-0.25, -0.2) is 0 Å². The highest BCUT2D eigenvalue weighted by atomic mass is 17.0. The Balaban J connectivity index is 1.22. The molecule has 0 bridgehead atoms. The highest BCUT2D eigenvalue weighted by Gasteiger charge is 2.76. The quantitative estimate of drug-likeness (QED) is 0.335. The van der Waals surface area contributed by atoms with Gasteiger partial charge in [-0.2, -0.15) is 0 Å². The first-order valence-corrected chi connectivity index (χ1v) is 8.23. The molecule has 0 N–H and O–H groups in total. The molecule has 2 heteroatoms. The summed E-state index contributed by atoms with van der Waals surface area (Å²) < 4.78 is 10.5. The molecule has 0 radical (unpaired) electrons. The van der Waals surface area contributed by atoms with E-state index >= 15 is 0 Å². The second kappa shape index (κ2) is 7.49. The summed E-state index contributed by atoms with van der Waals surface area (Å²) >= 11 is 0. The van der Waals surface area contributed by atoms with Gasteiger partial charge in [-0.05, 0) is 6.42 Å². The molecule has 0 aromatic carbocycles. The number of hydrogen-bond acceptors (Lipinski definition) is 2.